The third-order valence-electron chi connectivity index (χ3n) is 7.05. The zero-order valence-corrected chi connectivity index (χ0v) is 22.2. The number of carbonyl (C=O) groups excluding carboxylic acids is 2. The molecule has 2 aliphatic rings. The summed E-state index contributed by atoms with van der Waals surface area (Å²) in [5.74, 6) is -0.629. The fourth-order valence-corrected chi connectivity index (χ4v) is 4.84. The van der Waals surface area contributed by atoms with Crippen LogP contribution < -0.4 is 9.47 Å². The molecule has 1 N–H and O–H groups in total. The lowest BCUT2D eigenvalue weighted by atomic mass is 9.85. The van der Waals surface area contributed by atoms with Gasteiger partial charge in [0.25, 0.3) is 11.7 Å². The first-order valence-electron chi connectivity index (χ1n) is 12.6. The lowest BCUT2D eigenvalue weighted by Crippen LogP contribution is -2.42. The predicted octanol–water partition coefficient (Wildman–Crippen LogP) is 3.76. The van der Waals surface area contributed by atoms with E-state index in [1.54, 1.807) is 23.1 Å². The number of ether oxygens (including phenoxy) is 3. The lowest BCUT2D eigenvalue weighted by Gasteiger charge is -2.31. The maximum atomic E-state index is 13.4. The van der Waals surface area contributed by atoms with Gasteiger partial charge in [0.05, 0.1) is 39.0 Å². The first-order chi connectivity index (χ1) is 17.7. The van der Waals surface area contributed by atoms with E-state index in [4.69, 9.17) is 14.2 Å². The van der Waals surface area contributed by atoms with Gasteiger partial charge in [0.15, 0.2) is 11.5 Å². The van der Waals surface area contributed by atoms with Crippen LogP contribution in [0.25, 0.3) is 5.76 Å². The van der Waals surface area contributed by atoms with Crippen molar-refractivity contribution in [2.45, 2.75) is 32.2 Å². The molecule has 4 rings (SSSR count). The first-order valence-corrected chi connectivity index (χ1v) is 12.6. The molecule has 2 aromatic rings. The Labute approximate surface area is 218 Å². The van der Waals surface area contributed by atoms with E-state index in [2.05, 4.69) is 25.7 Å². The zero-order valence-electron chi connectivity index (χ0n) is 22.2. The number of amides is 1. The molecule has 0 spiro atoms. The summed E-state index contributed by atoms with van der Waals surface area (Å²) in [6.07, 6.45) is 0. The number of rotatable bonds is 7. The largest absolute Gasteiger partial charge is 0.507 e. The van der Waals surface area contributed by atoms with Crippen molar-refractivity contribution in [2.24, 2.45) is 0 Å². The number of nitrogens with zero attached hydrogens (tertiary/aromatic N) is 2. The predicted molar refractivity (Wildman–Crippen MR) is 141 cm³/mol. The molecule has 0 radical (unpaired) electrons. The van der Waals surface area contributed by atoms with Gasteiger partial charge in [-0.25, -0.2) is 0 Å². The second-order valence-corrected chi connectivity index (χ2v) is 10.4. The van der Waals surface area contributed by atoms with Crippen LogP contribution in [0.15, 0.2) is 48.0 Å². The molecule has 0 bridgehead atoms. The smallest absolute Gasteiger partial charge is 0.295 e. The third-order valence-corrected chi connectivity index (χ3v) is 7.05. The van der Waals surface area contributed by atoms with Crippen LogP contribution in [0.5, 0.6) is 11.5 Å². The first kappa shape index (κ1) is 26.7. The highest BCUT2D eigenvalue weighted by molar-refractivity contribution is 6.46. The number of Topliss-reactive ketones (excluding diaryl/α,β-unsaturated/α-hetero) is 1. The molecular formula is C29H36N2O6. The number of aliphatic hydroxyl groups excluding tert-OH is 1. The number of carbonyl (C=O) groups is 2. The van der Waals surface area contributed by atoms with Gasteiger partial charge >= 0.3 is 0 Å². The highest BCUT2D eigenvalue weighted by atomic mass is 16.5. The quantitative estimate of drug-likeness (QED) is 0.346. The SMILES string of the molecule is COc1ccc(/C(O)=C2\C(=O)C(=O)N(CCN3CCOCC3)[C@@H]2c2ccc(C(C)(C)C)cc2)cc1OC. The minimum Gasteiger partial charge on any atom is -0.507 e. The summed E-state index contributed by atoms with van der Waals surface area (Å²) in [6, 6.07) is 12.1. The molecule has 0 unspecified atom stereocenters. The Morgan fingerprint density at radius 2 is 1.62 bits per heavy atom. The number of morpholine rings is 1. The molecule has 198 valence electrons. The van der Waals surface area contributed by atoms with Crippen LogP contribution in [-0.2, 0) is 19.7 Å². The zero-order chi connectivity index (χ0) is 26.7. The summed E-state index contributed by atoms with van der Waals surface area (Å²) < 4.78 is 16.1. The Balaban J connectivity index is 1.77. The Hall–Kier alpha value is -3.36. The van der Waals surface area contributed by atoms with Crippen molar-refractivity contribution in [2.75, 3.05) is 53.6 Å². The van der Waals surface area contributed by atoms with Crippen LogP contribution in [0.2, 0.25) is 0 Å². The molecule has 2 aliphatic heterocycles. The van der Waals surface area contributed by atoms with Crippen LogP contribution in [0.4, 0.5) is 0 Å². The normalized spacial score (nSPS) is 20.4. The molecule has 37 heavy (non-hydrogen) atoms. The van der Waals surface area contributed by atoms with Crippen LogP contribution in [-0.4, -0.2) is 80.2 Å². The van der Waals surface area contributed by atoms with Crippen molar-refractivity contribution < 1.29 is 28.9 Å². The monoisotopic (exact) mass is 508 g/mol. The average Bonchev–Trinajstić information content (AvgIpc) is 3.16. The van der Waals surface area contributed by atoms with Gasteiger partial charge in [0.2, 0.25) is 0 Å². The standard InChI is InChI=1S/C29H36N2O6/c1-29(2,3)21-9-6-19(7-10-21)25-24(26(32)20-8-11-22(35-4)23(18-20)36-5)27(33)28(34)31(25)13-12-30-14-16-37-17-15-30/h6-11,18,25,32H,12-17H2,1-5H3/b26-24+/t25-/m1/s1. The van der Waals surface area contributed by atoms with Crippen molar-refractivity contribution in [3.63, 3.8) is 0 Å². The van der Waals surface area contributed by atoms with Gasteiger partial charge < -0.3 is 24.2 Å². The van der Waals surface area contributed by atoms with Gasteiger partial charge in [0, 0.05) is 31.7 Å². The lowest BCUT2D eigenvalue weighted by molar-refractivity contribution is -0.140. The molecule has 1 atom stereocenters. The molecule has 1 amide bonds. The van der Waals surface area contributed by atoms with Gasteiger partial charge in [-0.1, -0.05) is 45.0 Å². The fraction of sp³-hybridized carbons (Fsp3) is 0.448. The Bertz CT molecular complexity index is 1180. The number of aliphatic hydroxyl groups is 1. The Morgan fingerprint density at radius 1 is 0.973 bits per heavy atom. The van der Waals surface area contributed by atoms with E-state index in [1.807, 2.05) is 24.3 Å². The highest BCUT2D eigenvalue weighted by Gasteiger charge is 2.46. The summed E-state index contributed by atoms with van der Waals surface area (Å²) in [5, 5.41) is 11.4. The molecule has 8 heteroatoms. The minimum absolute atomic E-state index is 0.0453. The van der Waals surface area contributed by atoms with Crippen LogP contribution in [0, 0.1) is 0 Å². The maximum absolute atomic E-state index is 13.4. The van der Waals surface area contributed by atoms with Crippen LogP contribution >= 0.6 is 0 Å². The van der Waals surface area contributed by atoms with E-state index in [0.29, 0.717) is 43.4 Å². The number of benzene rings is 2. The molecule has 2 fully saturated rings. The molecule has 2 saturated heterocycles. The van der Waals surface area contributed by atoms with Gasteiger partial charge in [-0.3, -0.25) is 14.5 Å². The summed E-state index contributed by atoms with van der Waals surface area (Å²) >= 11 is 0. The number of hydrogen-bond donors (Lipinski definition) is 1. The van der Waals surface area contributed by atoms with Crippen LogP contribution in [0.1, 0.15) is 43.5 Å². The minimum atomic E-state index is -0.705. The topological polar surface area (TPSA) is 88.5 Å². The summed E-state index contributed by atoms with van der Waals surface area (Å²) in [7, 11) is 3.03. The number of ketones is 1. The van der Waals surface area contributed by atoms with E-state index in [9.17, 15) is 14.7 Å². The second kappa shape index (κ2) is 10.9. The van der Waals surface area contributed by atoms with Gasteiger partial charge in [-0.15, -0.1) is 0 Å². The van der Waals surface area contributed by atoms with Crippen molar-refractivity contribution in [1.29, 1.82) is 0 Å². The molecule has 2 heterocycles. The van der Waals surface area contributed by atoms with Gasteiger partial charge in [-0.2, -0.15) is 0 Å². The van der Waals surface area contributed by atoms with E-state index in [-0.39, 0.29) is 16.7 Å². The number of hydrogen-bond acceptors (Lipinski definition) is 7. The molecule has 0 saturated carbocycles. The molecule has 0 aliphatic carbocycles. The second-order valence-electron chi connectivity index (χ2n) is 10.4. The molecule has 2 aromatic carbocycles. The van der Waals surface area contributed by atoms with E-state index >= 15 is 0 Å². The van der Waals surface area contributed by atoms with Crippen molar-refractivity contribution in [3.8, 4) is 11.5 Å². The van der Waals surface area contributed by atoms with Gasteiger partial charge in [0.1, 0.15) is 5.76 Å². The average molecular weight is 509 g/mol. The van der Waals surface area contributed by atoms with E-state index in [0.717, 1.165) is 24.2 Å². The molecular weight excluding hydrogens is 472 g/mol. The Morgan fingerprint density at radius 3 is 2.22 bits per heavy atom. The summed E-state index contributed by atoms with van der Waals surface area (Å²) in [6.45, 7) is 10.2. The summed E-state index contributed by atoms with van der Waals surface area (Å²) in [4.78, 5) is 30.5. The maximum Gasteiger partial charge on any atom is 0.295 e. The molecule has 0 aromatic heterocycles. The van der Waals surface area contributed by atoms with Crippen molar-refractivity contribution in [3.05, 3.63) is 64.7 Å². The highest BCUT2D eigenvalue weighted by Crippen LogP contribution is 2.41. The molecule has 8 nitrogen and oxygen atoms in total. The van der Waals surface area contributed by atoms with Crippen molar-refractivity contribution in [1.82, 2.24) is 9.80 Å². The fourth-order valence-electron chi connectivity index (χ4n) is 4.84. The van der Waals surface area contributed by atoms with E-state index in [1.165, 1.54) is 14.2 Å². The Kier molecular flexibility index (Phi) is 7.90. The van der Waals surface area contributed by atoms with Crippen LogP contribution in [0.3, 0.4) is 0 Å². The number of likely N-dealkylation sites (tertiary alicyclic amines) is 1. The van der Waals surface area contributed by atoms with Crippen molar-refractivity contribution >= 4 is 17.4 Å². The number of methoxy groups -OCH3 is 2. The van der Waals surface area contributed by atoms with E-state index < -0.39 is 17.7 Å². The summed E-state index contributed by atoms with van der Waals surface area (Å²) in [5.41, 5.74) is 2.32. The third kappa shape index (κ3) is 5.50. The van der Waals surface area contributed by atoms with Gasteiger partial charge in [-0.05, 0) is 34.7 Å².